The Morgan fingerprint density at radius 2 is 1.80 bits per heavy atom. The summed E-state index contributed by atoms with van der Waals surface area (Å²) in [6, 6.07) is 17.9. The number of carbonyl (C=O) groups excluding carboxylic acids is 1. The first-order chi connectivity index (χ1) is 16.8. The van der Waals surface area contributed by atoms with Crippen molar-refractivity contribution in [2.75, 3.05) is 32.9 Å². The predicted molar refractivity (Wildman–Crippen MR) is 135 cm³/mol. The van der Waals surface area contributed by atoms with Crippen molar-refractivity contribution < 1.29 is 18.3 Å². The van der Waals surface area contributed by atoms with Crippen LogP contribution in [-0.4, -0.2) is 65.3 Å². The number of aromatic nitrogens is 1. The zero-order valence-electron chi connectivity index (χ0n) is 20.8. The highest BCUT2D eigenvalue weighted by Crippen LogP contribution is 2.31. The van der Waals surface area contributed by atoms with Crippen LogP contribution in [0.2, 0.25) is 0 Å². The third kappa shape index (κ3) is 6.01. The maximum atomic E-state index is 13.9. The van der Waals surface area contributed by atoms with E-state index in [1.165, 1.54) is 24.8 Å². The van der Waals surface area contributed by atoms with Crippen LogP contribution in [0.3, 0.4) is 0 Å². The average molecular weight is 484 g/mol. The van der Waals surface area contributed by atoms with E-state index >= 15 is 0 Å². The number of alkyl halides is 2. The molecule has 0 unspecified atom stereocenters. The van der Waals surface area contributed by atoms with Crippen LogP contribution in [-0.2, 0) is 17.8 Å². The van der Waals surface area contributed by atoms with Crippen LogP contribution in [0.1, 0.15) is 32.0 Å². The van der Waals surface area contributed by atoms with E-state index in [9.17, 15) is 13.6 Å². The fourth-order valence-corrected chi connectivity index (χ4v) is 4.74. The predicted octanol–water partition coefficient (Wildman–Crippen LogP) is 5.16. The van der Waals surface area contributed by atoms with Gasteiger partial charge in [-0.1, -0.05) is 36.4 Å². The summed E-state index contributed by atoms with van der Waals surface area (Å²) >= 11 is 0. The number of H-pyrrole nitrogens is 1. The SMILES string of the molecule is C[C@@H]1Cc2c([nH]c3ccccc23)CN1C(=O)C(C)(C)F.FCC1CN(CCOc2ccccc2)C1. The number of aromatic amines is 1. The minimum atomic E-state index is -1.82. The fraction of sp³-hybridized carbons (Fsp3) is 0.464. The smallest absolute Gasteiger partial charge is 0.260 e. The summed E-state index contributed by atoms with van der Waals surface area (Å²) in [5.74, 6) is 0.732. The van der Waals surface area contributed by atoms with E-state index in [0.29, 0.717) is 13.2 Å². The fourth-order valence-electron chi connectivity index (χ4n) is 4.74. The lowest BCUT2D eigenvalue weighted by atomic mass is 9.96. The van der Waals surface area contributed by atoms with Crippen molar-refractivity contribution in [2.45, 2.75) is 45.4 Å². The van der Waals surface area contributed by atoms with E-state index < -0.39 is 11.6 Å². The number of hydrogen-bond acceptors (Lipinski definition) is 3. The van der Waals surface area contributed by atoms with E-state index in [2.05, 4.69) is 16.0 Å². The van der Waals surface area contributed by atoms with E-state index in [1.807, 2.05) is 55.5 Å². The van der Waals surface area contributed by atoms with Crippen molar-refractivity contribution in [1.29, 1.82) is 0 Å². The molecule has 0 spiro atoms. The molecule has 0 saturated carbocycles. The summed E-state index contributed by atoms with van der Waals surface area (Å²) in [4.78, 5) is 19.4. The lowest BCUT2D eigenvalue weighted by Crippen LogP contribution is -2.49. The molecule has 188 valence electrons. The number of hydrogen-bond donors (Lipinski definition) is 1. The van der Waals surface area contributed by atoms with E-state index in [0.717, 1.165) is 43.0 Å². The number of likely N-dealkylation sites (tertiary alicyclic amines) is 1. The molecule has 1 saturated heterocycles. The van der Waals surface area contributed by atoms with Crippen LogP contribution in [0.25, 0.3) is 10.9 Å². The van der Waals surface area contributed by atoms with Gasteiger partial charge >= 0.3 is 0 Å². The number of carbonyl (C=O) groups is 1. The molecule has 1 atom stereocenters. The Hall–Kier alpha value is -2.93. The Balaban J connectivity index is 0.000000172. The molecule has 2 aliphatic rings. The zero-order valence-corrected chi connectivity index (χ0v) is 20.8. The highest BCUT2D eigenvalue weighted by atomic mass is 19.1. The van der Waals surface area contributed by atoms with Gasteiger partial charge in [0.2, 0.25) is 0 Å². The van der Waals surface area contributed by atoms with Crippen molar-refractivity contribution in [3.05, 3.63) is 65.9 Å². The van der Waals surface area contributed by atoms with Gasteiger partial charge in [0, 0.05) is 48.2 Å². The molecule has 2 aromatic carbocycles. The summed E-state index contributed by atoms with van der Waals surface area (Å²) in [7, 11) is 0. The van der Waals surface area contributed by atoms with Crippen LogP contribution < -0.4 is 4.74 Å². The first kappa shape index (κ1) is 25.2. The maximum Gasteiger partial charge on any atom is 0.260 e. The van der Waals surface area contributed by atoms with Gasteiger partial charge in [-0.05, 0) is 51.0 Å². The minimum Gasteiger partial charge on any atom is -0.492 e. The Morgan fingerprint density at radius 1 is 1.11 bits per heavy atom. The van der Waals surface area contributed by atoms with Crippen molar-refractivity contribution in [2.24, 2.45) is 5.92 Å². The largest absolute Gasteiger partial charge is 0.492 e. The molecule has 1 N–H and O–H groups in total. The first-order valence-electron chi connectivity index (χ1n) is 12.3. The second kappa shape index (κ2) is 10.8. The molecule has 0 aliphatic carbocycles. The van der Waals surface area contributed by atoms with E-state index in [4.69, 9.17) is 4.74 Å². The van der Waals surface area contributed by atoms with Gasteiger partial charge in [-0.25, -0.2) is 4.39 Å². The molecule has 5 nitrogen and oxygen atoms in total. The molecule has 1 amide bonds. The van der Waals surface area contributed by atoms with Crippen molar-refractivity contribution in [1.82, 2.24) is 14.8 Å². The number of halogens is 2. The molecule has 0 bridgehead atoms. The lowest BCUT2D eigenvalue weighted by Gasteiger charge is -2.37. The molecular weight excluding hydrogens is 448 g/mol. The van der Waals surface area contributed by atoms with Gasteiger partial charge in [-0.2, -0.15) is 0 Å². The second-order valence-electron chi connectivity index (χ2n) is 10.0. The second-order valence-corrected chi connectivity index (χ2v) is 10.0. The lowest BCUT2D eigenvalue weighted by molar-refractivity contribution is -0.145. The Bertz CT molecular complexity index is 1120. The van der Waals surface area contributed by atoms with Crippen LogP contribution in [0, 0.1) is 5.92 Å². The van der Waals surface area contributed by atoms with E-state index in [1.54, 1.807) is 4.90 Å². The molecule has 3 heterocycles. The topological polar surface area (TPSA) is 48.6 Å². The Labute approximate surface area is 206 Å². The van der Waals surface area contributed by atoms with Gasteiger partial charge in [0.15, 0.2) is 5.67 Å². The summed E-state index contributed by atoms with van der Waals surface area (Å²) < 4.78 is 31.6. The number of amides is 1. The summed E-state index contributed by atoms with van der Waals surface area (Å²) in [6.07, 6.45) is 0.765. The average Bonchev–Trinajstić information content (AvgIpc) is 3.17. The normalized spacial score (nSPS) is 18.4. The number of fused-ring (bicyclic) bond motifs is 3. The molecule has 3 aromatic rings. The third-order valence-corrected chi connectivity index (χ3v) is 6.70. The van der Waals surface area contributed by atoms with Gasteiger partial charge in [0.05, 0.1) is 13.2 Å². The molecule has 5 rings (SSSR count). The van der Waals surface area contributed by atoms with Crippen molar-refractivity contribution >= 4 is 16.8 Å². The monoisotopic (exact) mass is 483 g/mol. The number of nitrogens with one attached hydrogen (secondary N) is 1. The zero-order chi connectivity index (χ0) is 25.0. The molecule has 35 heavy (non-hydrogen) atoms. The van der Waals surface area contributed by atoms with Crippen LogP contribution in [0.15, 0.2) is 54.6 Å². The van der Waals surface area contributed by atoms with Gasteiger partial charge in [0.25, 0.3) is 5.91 Å². The first-order valence-corrected chi connectivity index (χ1v) is 12.3. The summed E-state index contributed by atoms with van der Waals surface area (Å²) in [6.45, 7) is 8.24. The molecular formula is C28H35F2N3O2. The van der Waals surface area contributed by atoms with Crippen LogP contribution >= 0.6 is 0 Å². The number of benzene rings is 2. The van der Waals surface area contributed by atoms with Gasteiger partial charge in [0.1, 0.15) is 12.4 Å². The highest BCUT2D eigenvalue weighted by Gasteiger charge is 2.37. The standard InChI is InChI=1S/C16H19FN2O.C12H16FNO/c1-10-8-12-11-6-4-5-7-13(11)18-14(12)9-19(10)15(20)16(2,3)17;13-8-11-9-14(10-11)6-7-15-12-4-2-1-3-5-12/h4-7,10,18H,8-9H2,1-3H3;1-5,11H,6-10H2/t10-;/m1./s1. The molecule has 1 aromatic heterocycles. The molecule has 0 radical (unpaired) electrons. The molecule has 2 aliphatic heterocycles. The summed E-state index contributed by atoms with van der Waals surface area (Å²) in [5, 5.41) is 1.21. The number of nitrogens with zero attached hydrogens (tertiary/aromatic N) is 2. The van der Waals surface area contributed by atoms with Crippen LogP contribution in [0.5, 0.6) is 5.75 Å². The van der Waals surface area contributed by atoms with Gasteiger partial charge in [-0.3, -0.25) is 14.1 Å². The van der Waals surface area contributed by atoms with Crippen LogP contribution in [0.4, 0.5) is 8.78 Å². The Morgan fingerprint density at radius 3 is 2.49 bits per heavy atom. The molecule has 1 fully saturated rings. The third-order valence-electron chi connectivity index (χ3n) is 6.70. The molecule has 7 heteroatoms. The van der Waals surface area contributed by atoms with Crippen molar-refractivity contribution in [3.63, 3.8) is 0 Å². The number of ether oxygens (including phenoxy) is 1. The van der Waals surface area contributed by atoms with Crippen molar-refractivity contribution in [3.8, 4) is 5.75 Å². The van der Waals surface area contributed by atoms with Gasteiger partial charge in [-0.15, -0.1) is 0 Å². The Kier molecular flexibility index (Phi) is 7.75. The van der Waals surface area contributed by atoms with E-state index in [-0.39, 0.29) is 18.6 Å². The maximum absolute atomic E-state index is 13.9. The quantitative estimate of drug-likeness (QED) is 0.527. The number of para-hydroxylation sites is 2. The number of rotatable bonds is 6. The highest BCUT2D eigenvalue weighted by molar-refractivity contribution is 5.87. The minimum absolute atomic E-state index is 0.0178. The van der Waals surface area contributed by atoms with Gasteiger partial charge < -0.3 is 14.6 Å². The summed E-state index contributed by atoms with van der Waals surface area (Å²) in [5.41, 5.74) is 1.55.